The van der Waals surface area contributed by atoms with Gasteiger partial charge in [0, 0.05) is 5.02 Å². The van der Waals surface area contributed by atoms with Crippen molar-refractivity contribution in [2.24, 2.45) is 0 Å². The standard InChI is InChI=1S/C9H12.C6H5Cl/c1-8(2)9-6-4-3-5-7-9;7-6-4-2-1-3-5-6/h3-8H,1-2H3;1-5H. The molecule has 0 N–H and O–H groups in total. The second kappa shape index (κ2) is 7.08. The van der Waals surface area contributed by atoms with E-state index >= 15 is 0 Å². The molecule has 0 aliphatic carbocycles. The first-order chi connectivity index (χ1) is 7.70. The zero-order valence-electron chi connectivity index (χ0n) is 9.73. The Morgan fingerprint density at radius 2 is 1.19 bits per heavy atom. The van der Waals surface area contributed by atoms with Crippen LogP contribution >= 0.6 is 11.6 Å². The Kier molecular flexibility index (Phi) is 5.66. The van der Waals surface area contributed by atoms with Crippen molar-refractivity contribution in [3.63, 3.8) is 0 Å². The minimum Gasteiger partial charge on any atom is -0.0843 e. The Balaban J connectivity index is 0.000000165. The van der Waals surface area contributed by atoms with Crippen LogP contribution in [0.4, 0.5) is 0 Å². The molecular formula is C15H17Cl. The lowest BCUT2D eigenvalue weighted by Crippen LogP contribution is -1.83. The summed E-state index contributed by atoms with van der Waals surface area (Å²) in [5.74, 6) is 0.659. The molecule has 0 aliphatic rings. The van der Waals surface area contributed by atoms with E-state index in [1.807, 2.05) is 36.4 Å². The molecule has 84 valence electrons. The predicted octanol–water partition coefficient (Wildman–Crippen LogP) is 5.15. The second-order valence-corrected chi connectivity index (χ2v) is 4.30. The third-order valence-electron chi connectivity index (χ3n) is 2.20. The van der Waals surface area contributed by atoms with Crippen LogP contribution in [-0.2, 0) is 0 Å². The van der Waals surface area contributed by atoms with Gasteiger partial charge >= 0.3 is 0 Å². The molecule has 0 atom stereocenters. The minimum absolute atomic E-state index is 0.659. The summed E-state index contributed by atoms with van der Waals surface area (Å²) in [5.41, 5.74) is 1.41. The molecule has 0 nitrogen and oxygen atoms in total. The molecule has 2 rings (SSSR count). The molecule has 0 unspecified atom stereocenters. The fourth-order valence-corrected chi connectivity index (χ4v) is 1.40. The molecule has 0 fully saturated rings. The lowest BCUT2D eigenvalue weighted by atomic mass is 10.0. The molecule has 0 aliphatic heterocycles. The van der Waals surface area contributed by atoms with Crippen molar-refractivity contribution in [3.05, 3.63) is 71.2 Å². The van der Waals surface area contributed by atoms with Gasteiger partial charge in [0.1, 0.15) is 0 Å². The molecule has 2 aromatic rings. The molecule has 16 heavy (non-hydrogen) atoms. The Morgan fingerprint density at radius 1 is 0.750 bits per heavy atom. The van der Waals surface area contributed by atoms with Gasteiger partial charge in [-0.2, -0.15) is 0 Å². The average molecular weight is 233 g/mol. The van der Waals surface area contributed by atoms with E-state index in [1.54, 1.807) is 0 Å². The first kappa shape index (κ1) is 12.8. The second-order valence-electron chi connectivity index (χ2n) is 3.86. The van der Waals surface area contributed by atoms with Crippen LogP contribution in [0.25, 0.3) is 0 Å². The van der Waals surface area contributed by atoms with Crippen LogP contribution in [0.15, 0.2) is 60.7 Å². The van der Waals surface area contributed by atoms with Crippen LogP contribution in [0.2, 0.25) is 5.02 Å². The summed E-state index contributed by atoms with van der Waals surface area (Å²) in [6.45, 7) is 4.41. The van der Waals surface area contributed by atoms with E-state index in [0.29, 0.717) is 5.92 Å². The maximum Gasteiger partial charge on any atom is 0.0405 e. The van der Waals surface area contributed by atoms with Gasteiger partial charge in [-0.15, -0.1) is 0 Å². The maximum absolute atomic E-state index is 5.54. The number of hydrogen-bond donors (Lipinski definition) is 0. The SMILES string of the molecule is CC(C)c1ccccc1.Clc1ccccc1. The Labute approximate surface area is 103 Å². The molecule has 2 aromatic carbocycles. The highest BCUT2D eigenvalue weighted by atomic mass is 35.5. The first-order valence-corrected chi connectivity index (χ1v) is 5.83. The van der Waals surface area contributed by atoms with Gasteiger partial charge in [0.05, 0.1) is 0 Å². The molecule has 0 aromatic heterocycles. The van der Waals surface area contributed by atoms with Gasteiger partial charge in [0.2, 0.25) is 0 Å². The molecule has 0 amide bonds. The fraction of sp³-hybridized carbons (Fsp3) is 0.200. The van der Waals surface area contributed by atoms with E-state index in [9.17, 15) is 0 Å². The molecule has 0 radical (unpaired) electrons. The Morgan fingerprint density at radius 3 is 1.44 bits per heavy atom. The quantitative estimate of drug-likeness (QED) is 0.638. The maximum atomic E-state index is 5.54. The normalized spacial score (nSPS) is 9.50. The zero-order chi connectivity index (χ0) is 11.8. The van der Waals surface area contributed by atoms with Gasteiger partial charge in [-0.25, -0.2) is 0 Å². The molecule has 0 spiro atoms. The van der Waals surface area contributed by atoms with Crippen molar-refractivity contribution >= 4 is 11.6 Å². The van der Waals surface area contributed by atoms with Crippen molar-refractivity contribution in [1.82, 2.24) is 0 Å². The zero-order valence-corrected chi connectivity index (χ0v) is 10.5. The minimum atomic E-state index is 0.659. The molecule has 0 bridgehead atoms. The highest BCUT2D eigenvalue weighted by Gasteiger charge is 1.93. The third kappa shape index (κ3) is 4.99. The van der Waals surface area contributed by atoms with Gasteiger partial charge in [0.25, 0.3) is 0 Å². The van der Waals surface area contributed by atoms with E-state index < -0.39 is 0 Å². The summed E-state index contributed by atoms with van der Waals surface area (Å²) in [6, 6.07) is 20.0. The lowest BCUT2D eigenvalue weighted by molar-refractivity contribution is 0.867. The van der Waals surface area contributed by atoms with Gasteiger partial charge in [-0.3, -0.25) is 0 Å². The predicted molar refractivity (Wildman–Crippen MR) is 72.0 cm³/mol. The van der Waals surface area contributed by atoms with Crippen molar-refractivity contribution in [3.8, 4) is 0 Å². The molecule has 0 saturated heterocycles. The number of rotatable bonds is 1. The van der Waals surface area contributed by atoms with Crippen LogP contribution < -0.4 is 0 Å². The van der Waals surface area contributed by atoms with Gasteiger partial charge in [-0.05, 0) is 23.6 Å². The van der Waals surface area contributed by atoms with Crippen molar-refractivity contribution in [2.75, 3.05) is 0 Å². The van der Waals surface area contributed by atoms with Crippen molar-refractivity contribution in [1.29, 1.82) is 0 Å². The summed E-state index contributed by atoms with van der Waals surface area (Å²) in [6.07, 6.45) is 0. The van der Waals surface area contributed by atoms with Gasteiger partial charge in [-0.1, -0.05) is 74.0 Å². The van der Waals surface area contributed by atoms with Crippen LogP contribution in [0, 0.1) is 0 Å². The molecular weight excluding hydrogens is 216 g/mol. The van der Waals surface area contributed by atoms with Crippen molar-refractivity contribution in [2.45, 2.75) is 19.8 Å². The van der Waals surface area contributed by atoms with E-state index in [2.05, 4.69) is 38.1 Å². The summed E-state index contributed by atoms with van der Waals surface area (Å²) < 4.78 is 0. The largest absolute Gasteiger partial charge is 0.0843 e. The number of hydrogen-bond acceptors (Lipinski definition) is 0. The van der Waals surface area contributed by atoms with Crippen LogP contribution in [0.1, 0.15) is 25.3 Å². The van der Waals surface area contributed by atoms with Crippen LogP contribution in [0.5, 0.6) is 0 Å². The van der Waals surface area contributed by atoms with E-state index in [4.69, 9.17) is 11.6 Å². The highest BCUT2D eigenvalue weighted by Crippen LogP contribution is 2.11. The monoisotopic (exact) mass is 232 g/mol. The summed E-state index contributed by atoms with van der Waals surface area (Å²) in [4.78, 5) is 0. The average Bonchev–Trinajstić information content (AvgIpc) is 2.32. The summed E-state index contributed by atoms with van der Waals surface area (Å²) in [7, 11) is 0. The van der Waals surface area contributed by atoms with Crippen molar-refractivity contribution < 1.29 is 0 Å². The topological polar surface area (TPSA) is 0 Å². The molecule has 0 saturated carbocycles. The van der Waals surface area contributed by atoms with Crippen LogP contribution in [0.3, 0.4) is 0 Å². The Hall–Kier alpha value is -1.27. The Bertz CT molecular complexity index is 379. The van der Waals surface area contributed by atoms with E-state index in [1.165, 1.54) is 5.56 Å². The van der Waals surface area contributed by atoms with Gasteiger partial charge in [0.15, 0.2) is 0 Å². The van der Waals surface area contributed by atoms with E-state index in [0.717, 1.165) is 5.02 Å². The molecule has 0 heterocycles. The summed E-state index contributed by atoms with van der Waals surface area (Å²) in [5, 5.41) is 0.794. The smallest absolute Gasteiger partial charge is 0.0405 e. The van der Waals surface area contributed by atoms with E-state index in [-0.39, 0.29) is 0 Å². The number of halogens is 1. The van der Waals surface area contributed by atoms with Crippen LogP contribution in [-0.4, -0.2) is 0 Å². The first-order valence-electron chi connectivity index (χ1n) is 5.45. The molecule has 1 heteroatoms. The fourth-order valence-electron chi connectivity index (χ4n) is 1.25. The van der Waals surface area contributed by atoms with Gasteiger partial charge < -0.3 is 0 Å². The third-order valence-corrected chi connectivity index (χ3v) is 2.45. The number of benzene rings is 2. The summed E-state index contributed by atoms with van der Waals surface area (Å²) >= 11 is 5.54. The lowest BCUT2D eigenvalue weighted by Gasteiger charge is -2.01. The highest BCUT2D eigenvalue weighted by molar-refractivity contribution is 6.30.